The van der Waals surface area contributed by atoms with Crippen LogP contribution in [0.4, 0.5) is 0 Å². The third-order valence-electron chi connectivity index (χ3n) is 1.30. The van der Waals surface area contributed by atoms with Gasteiger partial charge in [-0.25, -0.2) is 0 Å². The fourth-order valence-corrected chi connectivity index (χ4v) is 0.743. The first-order chi connectivity index (χ1) is 5.36. The molecule has 0 saturated carbocycles. The highest BCUT2D eigenvalue weighted by Gasteiger charge is 1.96. The molecule has 0 spiro atoms. The molecule has 3 nitrogen and oxygen atoms in total. The first-order valence-corrected chi connectivity index (χ1v) is 3.14. The summed E-state index contributed by atoms with van der Waals surface area (Å²) in [7, 11) is 2.83. The van der Waals surface area contributed by atoms with Crippen molar-refractivity contribution in [2.24, 2.45) is 0 Å². The summed E-state index contributed by atoms with van der Waals surface area (Å²) in [6, 6.07) is 7.11. The average Bonchev–Trinajstić information content (AvgIpc) is 2.07. The number of rotatable bonds is 3. The number of hydrogen-bond donors (Lipinski definition) is 1. The van der Waals surface area contributed by atoms with Gasteiger partial charge in [0.2, 0.25) is 0 Å². The number of ether oxygens (including phenoxy) is 1. The maximum atomic E-state index is 8.06. The van der Waals surface area contributed by atoms with Crippen LogP contribution in [0.3, 0.4) is 0 Å². The minimum atomic E-state index is 0.778. The summed E-state index contributed by atoms with van der Waals surface area (Å²) in [5.74, 6) is 0.778. The molecule has 0 atom stereocenters. The molecule has 1 rings (SSSR count). The molecule has 57 valence electrons. The van der Waals surface area contributed by atoms with Gasteiger partial charge in [0.1, 0.15) is 5.75 Å². The summed E-state index contributed by atoms with van der Waals surface area (Å²) >= 11 is 0. The van der Waals surface area contributed by atoms with Gasteiger partial charge in [-0.15, -0.1) is 0 Å². The Hall–Kier alpha value is -0.995. The molecular weight excluding hydrogens is 143 g/mol. The average molecular weight is 151 g/mol. The van der Waals surface area contributed by atoms with Crippen molar-refractivity contribution in [2.45, 2.75) is 0 Å². The molecule has 11 heavy (non-hydrogen) atoms. The standard InChI is InChI=1S/C7H8BO3/c1-10-7-4-2-6(3-5-7)8-11-9/h2-5,9H,1H3. The molecule has 0 heterocycles. The Bertz CT molecular complexity index is 209. The van der Waals surface area contributed by atoms with E-state index >= 15 is 0 Å². The predicted octanol–water partition coefficient (Wildman–Crippen LogP) is 0.429. The molecule has 4 heteroatoms. The lowest BCUT2D eigenvalue weighted by molar-refractivity contribution is -0.135. The van der Waals surface area contributed by atoms with Gasteiger partial charge >= 0.3 is 7.48 Å². The summed E-state index contributed by atoms with van der Waals surface area (Å²) in [4.78, 5) is 3.84. The molecule has 1 N–H and O–H groups in total. The van der Waals surface area contributed by atoms with Crippen molar-refractivity contribution >= 4 is 12.9 Å². The summed E-state index contributed by atoms with van der Waals surface area (Å²) in [5.41, 5.74) is 0.785. The molecule has 1 aromatic rings. The van der Waals surface area contributed by atoms with Crippen LogP contribution in [0.15, 0.2) is 24.3 Å². The maximum absolute atomic E-state index is 8.06. The summed E-state index contributed by atoms with van der Waals surface area (Å²) in [6.45, 7) is 0. The molecule has 0 aliphatic carbocycles. The monoisotopic (exact) mass is 151 g/mol. The maximum Gasteiger partial charge on any atom is 0.381 e. The van der Waals surface area contributed by atoms with E-state index in [9.17, 15) is 0 Å². The SMILES string of the molecule is COc1ccc([B]OO)cc1. The second kappa shape index (κ2) is 4.00. The zero-order valence-corrected chi connectivity index (χ0v) is 6.15. The van der Waals surface area contributed by atoms with E-state index in [1.807, 2.05) is 0 Å². The molecular formula is C7H8BO3. The molecule has 0 fully saturated rings. The van der Waals surface area contributed by atoms with Crippen LogP contribution < -0.4 is 10.2 Å². The van der Waals surface area contributed by atoms with Crippen LogP contribution in [-0.4, -0.2) is 19.8 Å². The molecule has 0 bridgehead atoms. The van der Waals surface area contributed by atoms with Crippen LogP contribution in [0.2, 0.25) is 0 Å². The molecule has 0 unspecified atom stereocenters. The Balaban J connectivity index is 2.66. The Kier molecular flexibility index (Phi) is 2.95. The zero-order chi connectivity index (χ0) is 8.10. The van der Waals surface area contributed by atoms with Gasteiger partial charge < -0.3 is 9.54 Å². The molecule has 1 aromatic carbocycles. The van der Waals surface area contributed by atoms with E-state index < -0.39 is 0 Å². The summed E-state index contributed by atoms with van der Waals surface area (Å²) in [5, 5.41) is 8.06. The van der Waals surface area contributed by atoms with E-state index in [1.165, 1.54) is 7.48 Å². The van der Waals surface area contributed by atoms with Crippen molar-refractivity contribution in [3.05, 3.63) is 24.3 Å². The number of hydrogen-bond acceptors (Lipinski definition) is 3. The van der Waals surface area contributed by atoms with Gasteiger partial charge in [-0.1, -0.05) is 12.1 Å². The smallest absolute Gasteiger partial charge is 0.381 e. The zero-order valence-electron chi connectivity index (χ0n) is 6.15. The van der Waals surface area contributed by atoms with Gasteiger partial charge in [0, 0.05) is 0 Å². The lowest BCUT2D eigenvalue weighted by Crippen LogP contribution is -2.15. The van der Waals surface area contributed by atoms with Crippen LogP contribution in [0, 0.1) is 0 Å². The van der Waals surface area contributed by atoms with E-state index in [0.29, 0.717) is 0 Å². The lowest BCUT2D eigenvalue weighted by Gasteiger charge is -1.99. The van der Waals surface area contributed by atoms with E-state index in [-0.39, 0.29) is 0 Å². The second-order valence-corrected chi connectivity index (χ2v) is 2.00. The summed E-state index contributed by atoms with van der Waals surface area (Å²) in [6.07, 6.45) is 0. The molecule has 0 saturated heterocycles. The molecule has 1 radical (unpaired) electrons. The number of methoxy groups -OCH3 is 1. The molecule has 0 amide bonds. The fourth-order valence-electron chi connectivity index (χ4n) is 0.743. The topological polar surface area (TPSA) is 38.7 Å². The van der Waals surface area contributed by atoms with Crippen molar-refractivity contribution in [1.29, 1.82) is 0 Å². The van der Waals surface area contributed by atoms with Crippen molar-refractivity contribution in [3.63, 3.8) is 0 Å². The minimum Gasteiger partial charge on any atom is -0.497 e. The van der Waals surface area contributed by atoms with Gasteiger partial charge in [-0.3, -0.25) is 5.26 Å². The Morgan fingerprint density at radius 1 is 1.27 bits per heavy atom. The van der Waals surface area contributed by atoms with Crippen molar-refractivity contribution in [1.82, 2.24) is 0 Å². The highest BCUT2D eigenvalue weighted by atomic mass is 17.1. The van der Waals surface area contributed by atoms with Crippen LogP contribution in [0.1, 0.15) is 0 Å². The van der Waals surface area contributed by atoms with Gasteiger partial charge in [-0.05, 0) is 17.6 Å². The van der Waals surface area contributed by atoms with Gasteiger partial charge in [0.15, 0.2) is 0 Å². The normalized spacial score (nSPS) is 9.27. The van der Waals surface area contributed by atoms with Gasteiger partial charge in [0.05, 0.1) is 7.11 Å². The number of benzene rings is 1. The van der Waals surface area contributed by atoms with E-state index in [2.05, 4.69) is 4.81 Å². The van der Waals surface area contributed by atoms with Crippen LogP contribution in [0.25, 0.3) is 0 Å². The van der Waals surface area contributed by atoms with E-state index in [4.69, 9.17) is 9.99 Å². The largest absolute Gasteiger partial charge is 0.497 e. The van der Waals surface area contributed by atoms with Crippen molar-refractivity contribution in [3.8, 4) is 5.75 Å². The first-order valence-electron chi connectivity index (χ1n) is 3.14. The highest BCUT2D eigenvalue weighted by molar-refractivity contribution is 6.46. The van der Waals surface area contributed by atoms with Gasteiger partial charge in [-0.2, -0.15) is 0 Å². The Morgan fingerprint density at radius 2 is 1.91 bits per heavy atom. The van der Waals surface area contributed by atoms with Crippen molar-refractivity contribution < 1.29 is 14.8 Å². The Morgan fingerprint density at radius 3 is 2.36 bits per heavy atom. The first kappa shape index (κ1) is 8.10. The van der Waals surface area contributed by atoms with E-state index in [0.717, 1.165) is 11.2 Å². The molecule has 0 aliphatic rings. The third-order valence-corrected chi connectivity index (χ3v) is 1.30. The third kappa shape index (κ3) is 2.25. The van der Waals surface area contributed by atoms with Crippen LogP contribution >= 0.6 is 0 Å². The quantitative estimate of drug-likeness (QED) is 0.386. The van der Waals surface area contributed by atoms with Gasteiger partial charge in [0.25, 0.3) is 0 Å². The van der Waals surface area contributed by atoms with Crippen LogP contribution in [-0.2, 0) is 4.81 Å². The lowest BCUT2D eigenvalue weighted by atomic mass is 9.89. The van der Waals surface area contributed by atoms with E-state index in [1.54, 1.807) is 31.4 Å². The minimum absolute atomic E-state index is 0.778. The predicted molar refractivity (Wildman–Crippen MR) is 42.1 cm³/mol. The highest BCUT2D eigenvalue weighted by Crippen LogP contribution is 2.04. The van der Waals surface area contributed by atoms with Crippen molar-refractivity contribution in [2.75, 3.05) is 7.11 Å². The summed E-state index contributed by atoms with van der Waals surface area (Å²) < 4.78 is 4.93. The second-order valence-electron chi connectivity index (χ2n) is 2.00. The fraction of sp³-hybridized carbons (Fsp3) is 0.143. The van der Waals surface area contributed by atoms with Crippen LogP contribution in [0.5, 0.6) is 5.75 Å². The Labute approximate surface area is 65.8 Å². The molecule has 0 aromatic heterocycles. The molecule has 0 aliphatic heterocycles.